The molecule has 0 unspecified atom stereocenters. The van der Waals surface area contributed by atoms with Crippen molar-refractivity contribution >= 4 is 48.6 Å². The second kappa shape index (κ2) is 6.13. The number of carbonyl (C=O) groups is 1. The molecule has 0 spiro atoms. The minimum Gasteiger partial charge on any atom is -0.347 e. The molecule has 8 heteroatoms. The standard InChI is InChI=1S/C12H9Cl2NO3S2/c13-11-4-3-9(20(14,17)18)6-10(11)12(16)15-7-8-2-1-5-19-8/h1-6H,7H2,(H,15,16). The number of hydrogen-bond donors (Lipinski definition) is 1. The summed E-state index contributed by atoms with van der Waals surface area (Å²) in [6.45, 7) is 0.352. The van der Waals surface area contributed by atoms with Crippen LogP contribution in [0.3, 0.4) is 0 Å². The first-order chi connectivity index (χ1) is 9.38. The number of nitrogens with one attached hydrogen (secondary N) is 1. The van der Waals surface area contributed by atoms with Crippen LogP contribution in [0.5, 0.6) is 0 Å². The minimum absolute atomic E-state index is 0.0740. The van der Waals surface area contributed by atoms with E-state index in [9.17, 15) is 13.2 Å². The van der Waals surface area contributed by atoms with E-state index in [0.717, 1.165) is 10.9 Å². The van der Waals surface area contributed by atoms with Crippen molar-refractivity contribution in [2.45, 2.75) is 11.4 Å². The maximum Gasteiger partial charge on any atom is 0.261 e. The number of thiophene rings is 1. The summed E-state index contributed by atoms with van der Waals surface area (Å²) in [6.07, 6.45) is 0. The van der Waals surface area contributed by atoms with Gasteiger partial charge in [-0.1, -0.05) is 17.7 Å². The quantitative estimate of drug-likeness (QED) is 0.861. The Labute approximate surface area is 129 Å². The predicted octanol–water partition coefficient (Wildman–Crippen LogP) is 3.26. The van der Waals surface area contributed by atoms with E-state index >= 15 is 0 Å². The zero-order chi connectivity index (χ0) is 14.8. The van der Waals surface area contributed by atoms with E-state index in [1.54, 1.807) is 0 Å². The smallest absolute Gasteiger partial charge is 0.261 e. The lowest BCUT2D eigenvalue weighted by Crippen LogP contribution is -2.22. The van der Waals surface area contributed by atoms with E-state index in [1.165, 1.54) is 23.5 Å². The van der Waals surface area contributed by atoms with Crippen LogP contribution in [0.4, 0.5) is 0 Å². The number of benzene rings is 1. The van der Waals surface area contributed by atoms with E-state index in [0.29, 0.717) is 6.54 Å². The van der Waals surface area contributed by atoms with Crippen molar-refractivity contribution in [2.75, 3.05) is 0 Å². The summed E-state index contributed by atoms with van der Waals surface area (Å²) in [4.78, 5) is 12.8. The van der Waals surface area contributed by atoms with Crippen LogP contribution >= 0.6 is 33.6 Å². The molecule has 1 aromatic heterocycles. The molecule has 4 nitrogen and oxygen atoms in total. The van der Waals surface area contributed by atoms with E-state index in [4.69, 9.17) is 22.3 Å². The highest BCUT2D eigenvalue weighted by molar-refractivity contribution is 8.13. The van der Waals surface area contributed by atoms with Gasteiger partial charge >= 0.3 is 0 Å². The summed E-state index contributed by atoms with van der Waals surface area (Å²) < 4.78 is 22.5. The van der Waals surface area contributed by atoms with Gasteiger partial charge in [-0.3, -0.25) is 4.79 Å². The van der Waals surface area contributed by atoms with Crippen LogP contribution in [0.25, 0.3) is 0 Å². The molecule has 0 bridgehead atoms. The Morgan fingerprint density at radius 2 is 2.05 bits per heavy atom. The van der Waals surface area contributed by atoms with Crippen molar-refractivity contribution in [2.24, 2.45) is 0 Å². The largest absolute Gasteiger partial charge is 0.347 e. The molecule has 0 aliphatic rings. The predicted molar refractivity (Wildman–Crippen MR) is 80.0 cm³/mol. The molecule has 20 heavy (non-hydrogen) atoms. The molecule has 1 heterocycles. The molecule has 1 amide bonds. The van der Waals surface area contributed by atoms with Gasteiger partial charge in [0.2, 0.25) is 0 Å². The Morgan fingerprint density at radius 1 is 1.30 bits per heavy atom. The Hall–Kier alpha value is -1.08. The normalized spacial score (nSPS) is 11.3. The van der Waals surface area contributed by atoms with Gasteiger partial charge in [-0.15, -0.1) is 11.3 Å². The van der Waals surface area contributed by atoms with Gasteiger partial charge in [-0.2, -0.15) is 0 Å². The van der Waals surface area contributed by atoms with Crippen LogP contribution in [-0.2, 0) is 15.6 Å². The summed E-state index contributed by atoms with van der Waals surface area (Å²) in [6, 6.07) is 7.50. The molecule has 0 aliphatic heterocycles. The third-order valence-corrected chi connectivity index (χ3v) is 5.02. The molecule has 0 saturated carbocycles. The van der Waals surface area contributed by atoms with Gasteiger partial charge in [0, 0.05) is 15.6 Å². The molecule has 2 rings (SSSR count). The SMILES string of the molecule is O=C(NCc1cccs1)c1cc(S(=O)(=O)Cl)ccc1Cl. The topological polar surface area (TPSA) is 63.2 Å². The minimum atomic E-state index is -3.90. The molecule has 106 valence electrons. The van der Waals surface area contributed by atoms with E-state index in [1.807, 2.05) is 17.5 Å². The highest BCUT2D eigenvalue weighted by atomic mass is 35.7. The molecule has 0 saturated heterocycles. The number of carbonyl (C=O) groups excluding carboxylic acids is 1. The molecule has 1 N–H and O–H groups in total. The molecule has 2 aromatic rings. The zero-order valence-electron chi connectivity index (χ0n) is 9.97. The van der Waals surface area contributed by atoms with E-state index in [2.05, 4.69) is 5.32 Å². The summed E-state index contributed by atoms with van der Waals surface area (Å²) in [5.41, 5.74) is 0.0740. The zero-order valence-corrected chi connectivity index (χ0v) is 13.1. The number of amides is 1. The lowest BCUT2D eigenvalue weighted by atomic mass is 10.2. The van der Waals surface area contributed by atoms with Crippen LogP contribution in [0.2, 0.25) is 5.02 Å². The first kappa shape index (κ1) is 15.3. The van der Waals surface area contributed by atoms with Gasteiger partial charge in [0.05, 0.1) is 22.0 Å². The monoisotopic (exact) mass is 349 g/mol. The first-order valence-electron chi connectivity index (χ1n) is 5.43. The van der Waals surface area contributed by atoms with E-state index < -0.39 is 15.0 Å². The fourth-order valence-corrected chi connectivity index (χ4v) is 3.13. The summed E-state index contributed by atoms with van der Waals surface area (Å²) in [7, 11) is 1.35. The van der Waals surface area contributed by atoms with Crippen LogP contribution in [0, 0.1) is 0 Å². The molecule has 1 aromatic carbocycles. The average molecular weight is 350 g/mol. The van der Waals surface area contributed by atoms with Crippen molar-refractivity contribution in [3.05, 3.63) is 51.2 Å². The average Bonchev–Trinajstić information content (AvgIpc) is 2.88. The number of halogens is 2. The Balaban J connectivity index is 2.21. The second-order valence-corrected chi connectivity index (χ2v) is 7.85. The third-order valence-electron chi connectivity index (χ3n) is 2.47. The van der Waals surface area contributed by atoms with Gasteiger partial charge in [0.15, 0.2) is 0 Å². The molecular weight excluding hydrogens is 341 g/mol. The van der Waals surface area contributed by atoms with Crippen LogP contribution in [-0.4, -0.2) is 14.3 Å². The fraction of sp³-hybridized carbons (Fsp3) is 0.0833. The van der Waals surface area contributed by atoms with Crippen molar-refractivity contribution in [1.29, 1.82) is 0 Å². The lowest BCUT2D eigenvalue weighted by molar-refractivity contribution is 0.0951. The van der Waals surface area contributed by atoms with Gasteiger partial charge in [0.25, 0.3) is 15.0 Å². The van der Waals surface area contributed by atoms with Gasteiger partial charge in [-0.05, 0) is 29.6 Å². The second-order valence-electron chi connectivity index (χ2n) is 3.84. The number of hydrogen-bond acceptors (Lipinski definition) is 4. The summed E-state index contributed by atoms with van der Waals surface area (Å²) in [5, 5.41) is 4.73. The van der Waals surface area contributed by atoms with Crippen LogP contribution < -0.4 is 5.32 Å². The Kier molecular flexibility index (Phi) is 4.70. The van der Waals surface area contributed by atoms with Crippen LogP contribution in [0.1, 0.15) is 15.2 Å². The maximum absolute atomic E-state index is 12.0. The number of rotatable bonds is 4. The molecule has 0 radical (unpaired) electrons. The third kappa shape index (κ3) is 3.73. The van der Waals surface area contributed by atoms with Gasteiger partial charge < -0.3 is 5.32 Å². The van der Waals surface area contributed by atoms with Crippen molar-refractivity contribution in [3.63, 3.8) is 0 Å². The van der Waals surface area contributed by atoms with Crippen molar-refractivity contribution in [1.82, 2.24) is 5.32 Å². The summed E-state index contributed by atoms with van der Waals surface area (Å²) >= 11 is 7.41. The molecule has 0 atom stereocenters. The summed E-state index contributed by atoms with van der Waals surface area (Å²) in [5.74, 6) is -0.453. The molecule has 0 aliphatic carbocycles. The maximum atomic E-state index is 12.0. The van der Waals surface area contributed by atoms with Gasteiger partial charge in [-0.25, -0.2) is 8.42 Å². The molecule has 0 fully saturated rings. The lowest BCUT2D eigenvalue weighted by Gasteiger charge is -2.07. The highest BCUT2D eigenvalue weighted by Gasteiger charge is 2.16. The van der Waals surface area contributed by atoms with E-state index in [-0.39, 0.29) is 15.5 Å². The fourth-order valence-electron chi connectivity index (χ4n) is 1.51. The van der Waals surface area contributed by atoms with Crippen molar-refractivity contribution in [3.8, 4) is 0 Å². The highest BCUT2D eigenvalue weighted by Crippen LogP contribution is 2.23. The van der Waals surface area contributed by atoms with Gasteiger partial charge in [0.1, 0.15) is 0 Å². The Bertz CT molecular complexity index is 727. The van der Waals surface area contributed by atoms with Crippen molar-refractivity contribution < 1.29 is 13.2 Å². The first-order valence-corrected chi connectivity index (χ1v) is 8.99. The van der Waals surface area contributed by atoms with Crippen LogP contribution in [0.15, 0.2) is 40.6 Å². The Morgan fingerprint density at radius 3 is 2.65 bits per heavy atom. The molecular formula is C12H9Cl2NO3S2.